The quantitative estimate of drug-likeness (QED) is 0.308. The van der Waals surface area contributed by atoms with Crippen LogP contribution in [-0.2, 0) is 25.7 Å². The molecule has 1 aliphatic carbocycles. The average molecular weight is 482 g/mol. The van der Waals surface area contributed by atoms with Gasteiger partial charge in [0.05, 0.1) is 6.61 Å². The van der Waals surface area contributed by atoms with Crippen LogP contribution in [0, 0.1) is 24.6 Å². The standard InChI is InChI=1S/C30H34F3NO/c1-18(2)9-10-35-25-7-8-26(20(4)13-25)27-15-21(29(31)16-28(27)30(32)33)5-6-24-14-22-11-19(3)12-23(22)17-34-24/h7-8,13-19,30H,5-6,9-12H2,1-4H3. The molecule has 35 heavy (non-hydrogen) atoms. The summed E-state index contributed by atoms with van der Waals surface area (Å²) >= 11 is 0. The molecule has 1 aromatic heterocycles. The minimum absolute atomic E-state index is 0.285. The lowest BCUT2D eigenvalue weighted by molar-refractivity contribution is 0.151. The maximum atomic E-state index is 14.9. The molecular weight excluding hydrogens is 447 g/mol. The fraction of sp³-hybridized carbons (Fsp3) is 0.433. The fourth-order valence-electron chi connectivity index (χ4n) is 4.85. The number of alkyl halides is 2. The van der Waals surface area contributed by atoms with Crippen LogP contribution in [0.2, 0.25) is 0 Å². The molecule has 0 fully saturated rings. The molecule has 2 aromatic carbocycles. The van der Waals surface area contributed by atoms with Crippen LogP contribution in [-0.4, -0.2) is 11.6 Å². The predicted octanol–water partition coefficient (Wildman–Crippen LogP) is 8.08. The molecule has 0 aliphatic heterocycles. The third kappa shape index (κ3) is 6.06. The zero-order valence-corrected chi connectivity index (χ0v) is 21.0. The summed E-state index contributed by atoms with van der Waals surface area (Å²) in [6, 6.07) is 10.2. The third-order valence-electron chi connectivity index (χ3n) is 6.83. The van der Waals surface area contributed by atoms with Gasteiger partial charge in [0.15, 0.2) is 0 Å². The number of aryl methyl sites for hydroxylation is 3. The minimum atomic E-state index is -2.77. The van der Waals surface area contributed by atoms with Crippen molar-refractivity contribution in [1.82, 2.24) is 4.98 Å². The number of halogens is 3. The van der Waals surface area contributed by atoms with Gasteiger partial charge in [0.25, 0.3) is 6.43 Å². The molecular formula is C30H34F3NO. The van der Waals surface area contributed by atoms with Crippen molar-refractivity contribution in [2.45, 2.75) is 66.2 Å². The van der Waals surface area contributed by atoms with Crippen LogP contribution in [0.25, 0.3) is 11.1 Å². The minimum Gasteiger partial charge on any atom is -0.494 e. The topological polar surface area (TPSA) is 22.1 Å². The van der Waals surface area contributed by atoms with Gasteiger partial charge in [-0.1, -0.05) is 26.8 Å². The number of benzene rings is 2. The summed E-state index contributed by atoms with van der Waals surface area (Å²) in [6.07, 6.45) is 3.17. The molecule has 0 saturated heterocycles. The van der Waals surface area contributed by atoms with Gasteiger partial charge in [-0.05, 0) is 115 Å². The van der Waals surface area contributed by atoms with E-state index in [0.29, 0.717) is 53.7 Å². The molecule has 1 heterocycles. The summed E-state index contributed by atoms with van der Waals surface area (Å²) in [5, 5.41) is 0. The number of rotatable bonds is 9. The SMILES string of the molecule is Cc1cc(OCCC(C)C)ccc1-c1cc(CCc2cc3c(cn2)CC(C)C3)c(F)cc1C(F)F. The van der Waals surface area contributed by atoms with Crippen molar-refractivity contribution in [3.63, 3.8) is 0 Å². The van der Waals surface area contributed by atoms with Gasteiger partial charge in [0.1, 0.15) is 11.6 Å². The summed E-state index contributed by atoms with van der Waals surface area (Å²) in [6.45, 7) is 8.98. The Morgan fingerprint density at radius 1 is 1.00 bits per heavy atom. The molecule has 0 radical (unpaired) electrons. The van der Waals surface area contributed by atoms with Crippen molar-refractivity contribution in [1.29, 1.82) is 0 Å². The van der Waals surface area contributed by atoms with Gasteiger partial charge in [0.2, 0.25) is 0 Å². The van der Waals surface area contributed by atoms with E-state index in [9.17, 15) is 13.2 Å². The monoisotopic (exact) mass is 481 g/mol. The lowest BCUT2D eigenvalue weighted by atomic mass is 9.92. The van der Waals surface area contributed by atoms with E-state index in [1.165, 1.54) is 11.1 Å². The smallest absolute Gasteiger partial charge is 0.264 e. The van der Waals surface area contributed by atoms with Crippen molar-refractivity contribution < 1.29 is 17.9 Å². The van der Waals surface area contributed by atoms with Crippen LogP contribution >= 0.6 is 0 Å². The van der Waals surface area contributed by atoms with Crippen molar-refractivity contribution in [2.75, 3.05) is 6.61 Å². The van der Waals surface area contributed by atoms with Gasteiger partial charge < -0.3 is 4.74 Å². The lowest BCUT2D eigenvalue weighted by Gasteiger charge is -2.16. The Bertz CT molecular complexity index is 1190. The number of pyridine rings is 1. The van der Waals surface area contributed by atoms with Crippen molar-refractivity contribution in [2.24, 2.45) is 11.8 Å². The van der Waals surface area contributed by atoms with Crippen LogP contribution in [0.3, 0.4) is 0 Å². The molecule has 5 heteroatoms. The second-order valence-corrected chi connectivity index (χ2v) is 10.3. The summed E-state index contributed by atoms with van der Waals surface area (Å²) in [7, 11) is 0. The molecule has 0 N–H and O–H groups in total. The zero-order valence-electron chi connectivity index (χ0n) is 21.0. The molecule has 2 nitrogen and oxygen atoms in total. The molecule has 0 spiro atoms. The van der Waals surface area contributed by atoms with Gasteiger partial charge >= 0.3 is 0 Å². The van der Waals surface area contributed by atoms with E-state index in [0.717, 1.165) is 36.6 Å². The van der Waals surface area contributed by atoms with E-state index in [-0.39, 0.29) is 5.56 Å². The van der Waals surface area contributed by atoms with Crippen LogP contribution < -0.4 is 4.74 Å². The highest BCUT2D eigenvalue weighted by molar-refractivity contribution is 5.72. The molecule has 1 unspecified atom stereocenters. The number of hydrogen-bond acceptors (Lipinski definition) is 2. The molecule has 4 rings (SSSR count). The van der Waals surface area contributed by atoms with Gasteiger partial charge in [-0.3, -0.25) is 4.98 Å². The summed E-state index contributed by atoms with van der Waals surface area (Å²) in [5.41, 5.74) is 5.54. The number of nitrogens with zero attached hydrogens (tertiary/aromatic N) is 1. The Morgan fingerprint density at radius 3 is 2.49 bits per heavy atom. The van der Waals surface area contributed by atoms with Crippen LogP contribution in [0.5, 0.6) is 5.75 Å². The first-order valence-corrected chi connectivity index (χ1v) is 12.5. The Morgan fingerprint density at radius 2 is 1.77 bits per heavy atom. The summed E-state index contributed by atoms with van der Waals surface area (Å²) < 4.78 is 48.5. The fourth-order valence-corrected chi connectivity index (χ4v) is 4.85. The van der Waals surface area contributed by atoms with E-state index in [2.05, 4.69) is 31.8 Å². The Labute approximate surface area is 206 Å². The van der Waals surface area contributed by atoms with Gasteiger partial charge in [0, 0.05) is 17.5 Å². The van der Waals surface area contributed by atoms with Crippen LogP contribution in [0.15, 0.2) is 42.6 Å². The predicted molar refractivity (Wildman–Crippen MR) is 135 cm³/mol. The second-order valence-electron chi connectivity index (χ2n) is 10.3. The van der Waals surface area contributed by atoms with E-state index in [1.807, 2.05) is 19.2 Å². The Hall–Kier alpha value is -2.82. The van der Waals surface area contributed by atoms with Crippen LogP contribution in [0.4, 0.5) is 13.2 Å². The molecule has 3 aromatic rings. The zero-order chi connectivity index (χ0) is 25.1. The highest BCUT2D eigenvalue weighted by Crippen LogP contribution is 2.36. The van der Waals surface area contributed by atoms with Crippen molar-refractivity contribution in [3.05, 3.63) is 81.9 Å². The number of fused-ring (bicyclic) bond motifs is 1. The van der Waals surface area contributed by atoms with E-state index in [4.69, 9.17) is 4.74 Å². The second kappa shape index (κ2) is 10.8. The van der Waals surface area contributed by atoms with E-state index < -0.39 is 12.2 Å². The largest absolute Gasteiger partial charge is 0.494 e. The van der Waals surface area contributed by atoms with Gasteiger partial charge in [-0.25, -0.2) is 13.2 Å². The highest BCUT2D eigenvalue weighted by Gasteiger charge is 2.21. The van der Waals surface area contributed by atoms with Gasteiger partial charge in [-0.2, -0.15) is 0 Å². The van der Waals surface area contributed by atoms with E-state index in [1.54, 1.807) is 18.2 Å². The van der Waals surface area contributed by atoms with Crippen molar-refractivity contribution >= 4 is 0 Å². The van der Waals surface area contributed by atoms with Crippen LogP contribution in [0.1, 0.15) is 67.1 Å². The highest BCUT2D eigenvalue weighted by atomic mass is 19.3. The molecule has 0 bridgehead atoms. The first kappa shape index (κ1) is 25.3. The maximum Gasteiger partial charge on any atom is 0.264 e. The number of ether oxygens (including phenoxy) is 1. The number of aromatic nitrogens is 1. The normalized spacial score (nSPS) is 15.2. The first-order valence-electron chi connectivity index (χ1n) is 12.5. The molecule has 0 saturated carbocycles. The lowest BCUT2D eigenvalue weighted by Crippen LogP contribution is -2.03. The molecule has 1 atom stereocenters. The third-order valence-corrected chi connectivity index (χ3v) is 6.83. The average Bonchev–Trinajstić information content (AvgIpc) is 3.17. The number of hydrogen-bond donors (Lipinski definition) is 0. The first-order chi connectivity index (χ1) is 16.7. The molecule has 186 valence electrons. The molecule has 0 amide bonds. The summed E-state index contributed by atoms with van der Waals surface area (Å²) in [5.74, 6) is 1.28. The van der Waals surface area contributed by atoms with Gasteiger partial charge in [-0.15, -0.1) is 0 Å². The Balaban J connectivity index is 1.57. The van der Waals surface area contributed by atoms with Crippen molar-refractivity contribution in [3.8, 4) is 16.9 Å². The maximum absolute atomic E-state index is 14.9. The Kier molecular flexibility index (Phi) is 7.83. The van der Waals surface area contributed by atoms with E-state index >= 15 is 0 Å². The summed E-state index contributed by atoms with van der Waals surface area (Å²) in [4.78, 5) is 4.56. The molecule has 1 aliphatic rings.